The zero-order valence-corrected chi connectivity index (χ0v) is 38.8. The van der Waals surface area contributed by atoms with Crippen molar-refractivity contribution < 1.29 is 115 Å². The molecule has 0 N–H and O–H groups in total. The summed E-state index contributed by atoms with van der Waals surface area (Å²) in [5.41, 5.74) is -28.5. The zero-order chi connectivity index (χ0) is 58.6. The molecular weight excluding hydrogens is 1130 g/mol. The molecule has 0 atom stereocenters. The lowest BCUT2D eigenvalue weighted by molar-refractivity contribution is -0.688. The molecular formula is C50H27BClF24NO. The summed E-state index contributed by atoms with van der Waals surface area (Å²) >= 11 is 6.11. The lowest BCUT2D eigenvalue weighted by Crippen LogP contribution is -2.75. The van der Waals surface area contributed by atoms with Gasteiger partial charge in [-0.05, 0) is 35.7 Å². The molecule has 0 aliphatic rings. The van der Waals surface area contributed by atoms with E-state index in [4.69, 9.17) is 11.6 Å². The van der Waals surface area contributed by atoms with Crippen molar-refractivity contribution in [2.45, 2.75) is 61.8 Å². The highest BCUT2D eigenvalue weighted by Crippen LogP contribution is 2.41. The van der Waals surface area contributed by atoms with Crippen LogP contribution in [0.5, 0.6) is 0 Å². The molecule has 0 saturated carbocycles. The van der Waals surface area contributed by atoms with Crippen molar-refractivity contribution in [2.24, 2.45) is 0 Å². The van der Waals surface area contributed by atoms with E-state index in [0.29, 0.717) is 12.4 Å². The summed E-state index contributed by atoms with van der Waals surface area (Å²) < 4.78 is 343. The van der Waals surface area contributed by atoms with Crippen LogP contribution in [0.4, 0.5) is 105 Å². The van der Waals surface area contributed by atoms with Gasteiger partial charge in [-0.25, -0.2) is 0 Å². The highest BCUT2D eigenvalue weighted by atomic mass is 35.5. The molecule has 0 unspecified atom stereocenters. The highest BCUT2D eigenvalue weighted by molar-refractivity contribution is 7.20. The largest absolute Gasteiger partial charge is 0.416 e. The molecule has 0 fully saturated rings. The molecule has 0 aliphatic heterocycles. The number of benzene rings is 6. The third-order valence-electron chi connectivity index (χ3n) is 12.0. The Morgan fingerprint density at radius 1 is 0.372 bits per heavy atom. The number of carbonyl (C=O) groups excluding carboxylic acids is 1. The fourth-order valence-corrected chi connectivity index (χ4v) is 8.86. The maximum absolute atomic E-state index is 14.2. The lowest BCUT2D eigenvalue weighted by Gasteiger charge is -2.46. The van der Waals surface area contributed by atoms with Crippen LogP contribution in [-0.4, -0.2) is 11.9 Å². The number of Topliss-reactive ketones (excluding diaryl/α,β-unsaturated/α-hetero) is 1. The van der Waals surface area contributed by atoms with E-state index in [1.165, 1.54) is 0 Å². The minimum Gasteiger partial charge on any atom is -0.287 e. The van der Waals surface area contributed by atoms with Crippen molar-refractivity contribution >= 4 is 56.2 Å². The van der Waals surface area contributed by atoms with Gasteiger partial charge in [-0.3, -0.25) is 4.79 Å². The summed E-state index contributed by atoms with van der Waals surface area (Å²) in [6.07, 6.45) is -52.9. The Hall–Kier alpha value is -6.93. The Labute approximate surface area is 427 Å². The molecule has 0 spiro atoms. The molecule has 7 aromatic rings. The Balaban J connectivity index is 0.000000387. The van der Waals surface area contributed by atoms with E-state index in [1.807, 2.05) is 65.4 Å². The minimum absolute atomic E-state index is 0.0854. The van der Waals surface area contributed by atoms with Gasteiger partial charge in [0.1, 0.15) is 12.0 Å². The summed E-state index contributed by atoms with van der Waals surface area (Å²) in [5, 5.41) is 2.23. The smallest absolute Gasteiger partial charge is 0.287 e. The topological polar surface area (TPSA) is 20.9 Å². The van der Waals surface area contributed by atoms with Crippen LogP contribution in [0.25, 0.3) is 10.8 Å². The number of hydrogen-bond donors (Lipinski definition) is 0. The van der Waals surface area contributed by atoms with E-state index in [9.17, 15) is 110 Å². The van der Waals surface area contributed by atoms with Crippen LogP contribution < -0.4 is 26.4 Å². The number of carbonyl (C=O) groups is 1. The normalized spacial score (nSPS) is 13.3. The van der Waals surface area contributed by atoms with Gasteiger partial charge in [-0.2, -0.15) is 132 Å². The first kappa shape index (κ1) is 60.3. The number of ketones is 1. The van der Waals surface area contributed by atoms with Crippen molar-refractivity contribution in [3.63, 3.8) is 0 Å². The quantitative estimate of drug-likeness (QED) is 0.0488. The first-order valence-electron chi connectivity index (χ1n) is 21.5. The number of nitrogens with zero attached hydrogens (tertiary/aromatic N) is 1. The maximum Gasteiger partial charge on any atom is 0.416 e. The van der Waals surface area contributed by atoms with E-state index < -0.39 is 195 Å². The Bertz CT molecular complexity index is 2890. The summed E-state index contributed by atoms with van der Waals surface area (Å²) in [6.45, 7) is 0.302. The number of alkyl halides is 25. The van der Waals surface area contributed by atoms with Gasteiger partial charge < -0.3 is 0 Å². The second-order valence-electron chi connectivity index (χ2n) is 17.1. The van der Waals surface area contributed by atoms with Gasteiger partial charge in [-0.1, -0.05) is 97.1 Å². The van der Waals surface area contributed by atoms with Crippen molar-refractivity contribution in [3.05, 3.63) is 195 Å². The Morgan fingerprint density at radius 2 is 0.641 bits per heavy atom. The number of fused-ring (bicyclic) bond motifs is 1. The van der Waals surface area contributed by atoms with Gasteiger partial charge in [0.2, 0.25) is 18.0 Å². The fraction of sp³-hybridized carbons (Fsp3) is 0.200. The molecule has 28 heteroatoms. The monoisotopic (exact) mass is 1160 g/mol. The van der Waals surface area contributed by atoms with Crippen LogP contribution in [0.3, 0.4) is 0 Å². The molecule has 1 aromatic heterocycles. The Kier molecular flexibility index (Phi) is 16.3. The lowest BCUT2D eigenvalue weighted by atomic mass is 9.12. The van der Waals surface area contributed by atoms with Gasteiger partial charge in [0.05, 0.1) is 49.9 Å². The van der Waals surface area contributed by atoms with Gasteiger partial charge in [0.25, 0.3) is 0 Å². The summed E-state index contributed by atoms with van der Waals surface area (Å²) in [4.78, 5) is 12.4. The van der Waals surface area contributed by atoms with E-state index in [2.05, 4.69) is 6.07 Å². The van der Waals surface area contributed by atoms with Gasteiger partial charge in [-0.15, -0.1) is 11.6 Å². The van der Waals surface area contributed by atoms with E-state index in [1.54, 1.807) is 0 Å². The summed E-state index contributed by atoms with van der Waals surface area (Å²) in [5.74, 6) is 0.464. The van der Waals surface area contributed by atoms with Gasteiger partial charge >= 0.3 is 49.4 Å². The van der Waals surface area contributed by atoms with E-state index in [-0.39, 0.29) is 5.78 Å². The van der Waals surface area contributed by atoms with Crippen LogP contribution in [-0.2, 0) is 61.8 Å². The fourth-order valence-electron chi connectivity index (χ4n) is 8.56. The molecule has 0 saturated heterocycles. The maximum atomic E-state index is 14.2. The summed E-state index contributed by atoms with van der Waals surface area (Å²) in [7, 11) is 0. The van der Waals surface area contributed by atoms with Crippen LogP contribution in [0.1, 0.15) is 60.6 Å². The van der Waals surface area contributed by atoms with Crippen LogP contribution >= 0.6 is 11.6 Å². The van der Waals surface area contributed by atoms with Gasteiger partial charge in [0, 0.05) is 11.6 Å². The SMILES string of the molecule is FC(F)(F)c1cc([B-](c2cc(C(F)(F)F)cc(C(F)(F)F)c2)(c2cc(C(F)(F)F)cc(C(F)(F)F)c2)c2cc(C(F)(F)F)cc(C(F)(F)F)c2)cc(C(F)(F)F)c1.O=C(C[n+]1ccc2ccccc2c1CCl)c1ccccc1. The van der Waals surface area contributed by atoms with Gasteiger partial charge in [0.15, 0.2) is 6.20 Å². The van der Waals surface area contributed by atoms with E-state index >= 15 is 0 Å². The predicted octanol–water partition coefficient (Wildman–Crippen LogP) is 15.0. The molecule has 0 aliphatic carbocycles. The molecule has 0 amide bonds. The number of hydrogen-bond acceptors (Lipinski definition) is 1. The standard InChI is InChI=1S/C32H12BF24.C18H15ClNO/c34-25(35,36)13-1-14(26(37,38)39)6-21(5-13)33(22-7-15(27(40,41)42)2-16(8-22)28(43,44)45,23-9-17(29(46,47)48)3-18(10-23)30(49,50)51)24-11-19(31(52,53)54)4-20(12-24)32(55,56)57;19-12-17-16-9-5-4-6-14(16)10-11-20(17)13-18(21)15-7-2-1-3-8-15/h1-12H;1-11H,12-13H2/q-1;+1. The first-order valence-corrected chi connectivity index (χ1v) is 22.0. The third-order valence-corrected chi connectivity index (χ3v) is 12.3. The minimum atomic E-state index is -6.13. The van der Waals surface area contributed by atoms with Crippen molar-refractivity contribution in [1.82, 2.24) is 0 Å². The number of aromatic nitrogens is 1. The second-order valence-corrected chi connectivity index (χ2v) is 17.4. The van der Waals surface area contributed by atoms with Crippen LogP contribution in [0, 0.1) is 0 Å². The molecule has 2 nitrogen and oxygen atoms in total. The average Bonchev–Trinajstić information content (AvgIpc) is 3.32. The van der Waals surface area contributed by atoms with Crippen molar-refractivity contribution in [2.75, 3.05) is 0 Å². The average molecular weight is 1160 g/mol. The molecule has 6 aromatic carbocycles. The Morgan fingerprint density at radius 3 is 0.910 bits per heavy atom. The molecule has 7 rings (SSSR count). The first-order chi connectivity index (χ1) is 35.6. The molecule has 78 heavy (non-hydrogen) atoms. The number of rotatable bonds is 8. The van der Waals surface area contributed by atoms with Crippen LogP contribution in [0.2, 0.25) is 0 Å². The highest BCUT2D eigenvalue weighted by Gasteiger charge is 2.47. The molecule has 1 heterocycles. The number of halogens is 25. The van der Waals surface area contributed by atoms with Crippen LogP contribution in [0.15, 0.2) is 140 Å². The second kappa shape index (κ2) is 21.0. The zero-order valence-electron chi connectivity index (χ0n) is 38.1. The third kappa shape index (κ3) is 13.3. The molecule has 0 bridgehead atoms. The summed E-state index contributed by atoms with van der Waals surface area (Å²) in [6, 6.07) is 10.6. The van der Waals surface area contributed by atoms with Crippen molar-refractivity contribution in [3.8, 4) is 0 Å². The predicted molar refractivity (Wildman–Crippen MR) is 235 cm³/mol. The molecule has 416 valence electrons. The van der Waals surface area contributed by atoms with Crippen molar-refractivity contribution in [1.29, 1.82) is 0 Å². The van der Waals surface area contributed by atoms with E-state index in [0.717, 1.165) is 22.0 Å². The molecule has 0 radical (unpaired) electrons. The number of pyridine rings is 1.